The standard InChI is InChI=1S/C14H13ClN2O2/c15-12-13(18)16-8-17-14(12)19-11-7-3-5-9-4-1-2-6-10(9)11/h1-2,4,6,8,11H,3,5,7H2,(H,16,17,18). The van der Waals surface area contributed by atoms with Crippen LogP contribution in [0.15, 0.2) is 35.4 Å². The summed E-state index contributed by atoms with van der Waals surface area (Å²) in [5, 5.41) is 0.00514. The van der Waals surface area contributed by atoms with Crippen molar-refractivity contribution in [3.8, 4) is 5.88 Å². The molecule has 0 amide bonds. The van der Waals surface area contributed by atoms with Crippen LogP contribution in [0.2, 0.25) is 5.02 Å². The maximum Gasteiger partial charge on any atom is 0.273 e. The summed E-state index contributed by atoms with van der Waals surface area (Å²) in [5.74, 6) is 0.201. The molecule has 3 rings (SSSR count). The summed E-state index contributed by atoms with van der Waals surface area (Å²) in [6.45, 7) is 0. The molecule has 1 heterocycles. The maximum absolute atomic E-state index is 11.4. The number of benzene rings is 1. The number of aromatic nitrogens is 2. The van der Waals surface area contributed by atoms with Gasteiger partial charge in [-0.1, -0.05) is 35.9 Å². The zero-order valence-corrected chi connectivity index (χ0v) is 11.0. The molecule has 1 aliphatic rings. The Labute approximate surface area is 115 Å². The average Bonchev–Trinajstić information content (AvgIpc) is 2.44. The first kappa shape index (κ1) is 12.2. The molecule has 19 heavy (non-hydrogen) atoms. The van der Waals surface area contributed by atoms with Gasteiger partial charge < -0.3 is 9.72 Å². The van der Waals surface area contributed by atoms with E-state index in [0.717, 1.165) is 24.8 Å². The minimum atomic E-state index is -0.379. The molecule has 1 atom stereocenters. The predicted molar refractivity (Wildman–Crippen MR) is 72.6 cm³/mol. The highest BCUT2D eigenvalue weighted by atomic mass is 35.5. The molecular formula is C14H13ClN2O2. The smallest absolute Gasteiger partial charge is 0.273 e. The van der Waals surface area contributed by atoms with Gasteiger partial charge in [0.15, 0.2) is 5.02 Å². The highest BCUT2D eigenvalue weighted by Crippen LogP contribution is 2.33. The number of nitrogens with one attached hydrogen (secondary N) is 1. The second-order valence-electron chi connectivity index (χ2n) is 4.55. The number of rotatable bonds is 2. The van der Waals surface area contributed by atoms with Gasteiger partial charge in [-0.15, -0.1) is 0 Å². The molecule has 0 fully saturated rings. The molecule has 1 N–H and O–H groups in total. The van der Waals surface area contributed by atoms with Crippen LogP contribution in [-0.2, 0) is 6.42 Å². The third-order valence-corrected chi connectivity index (χ3v) is 3.67. The third kappa shape index (κ3) is 2.36. The molecule has 98 valence electrons. The van der Waals surface area contributed by atoms with Crippen LogP contribution < -0.4 is 10.3 Å². The minimum absolute atomic E-state index is 0.00514. The van der Waals surface area contributed by atoms with E-state index in [4.69, 9.17) is 16.3 Å². The number of fused-ring (bicyclic) bond motifs is 1. The van der Waals surface area contributed by atoms with Crippen LogP contribution >= 0.6 is 11.6 Å². The van der Waals surface area contributed by atoms with Crippen LogP contribution in [0, 0.1) is 0 Å². The number of hydrogen-bond acceptors (Lipinski definition) is 3. The monoisotopic (exact) mass is 276 g/mol. The molecule has 0 saturated heterocycles. The fourth-order valence-electron chi connectivity index (χ4n) is 2.42. The minimum Gasteiger partial charge on any atom is -0.468 e. The van der Waals surface area contributed by atoms with E-state index in [-0.39, 0.29) is 22.6 Å². The van der Waals surface area contributed by atoms with Crippen molar-refractivity contribution >= 4 is 11.6 Å². The molecule has 1 aliphatic carbocycles. The highest BCUT2D eigenvalue weighted by molar-refractivity contribution is 6.31. The number of H-pyrrole nitrogens is 1. The molecule has 1 aromatic carbocycles. The van der Waals surface area contributed by atoms with Crippen molar-refractivity contribution in [1.29, 1.82) is 0 Å². The summed E-state index contributed by atoms with van der Waals surface area (Å²) in [5.41, 5.74) is 2.07. The molecule has 5 heteroatoms. The van der Waals surface area contributed by atoms with E-state index in [1.54, 1.807) is 0 Å². The maximum atomic E-state index is 11.4. The van der Waals surface area contributed by atoms with E-state index in [1.165, 1.54) is 11.9 Å². The van der Waals surface area contributed by atoms with Crippen molar-refractivity contribution in [2.75, 3.05) is 0 Å². The topological polar surface area (TPSA) is 55.0 Å². The Morgan fingerprint density at radius 2 is 2.21 bits per heavy atom. The number of ether oxygens (including phenoxy) is 1. The van der Waals surface area contributed by atoms with Crippen LogP contribution in [0.1, 0.15) is 30.1 Å². The highest BCUT2D eigenvalue weighted by Gasteiger charge is 2.23. The Hall–Kier alpha value is -1.81. The summed E-state index contributed by atoms with van der Waals surface area (Å²) < 4.78 is 5.83. The molecule has 1 aromatic heterocycles. The van der Waals surface area contributed by atoms with Crippen molar-refractivity contribution in [3.63, 3.8) is 0 Å². The predicted octanol–water partition coefficient (Wildman–Crippen LogP) is 2.88. The van der Waals surface area contributed by atoms with E-state index in [1.807, 2.05) is 12.1 Å². The van der Waals surface area contributed by atoms with Crippen LogP contribution in [-0.4, -0.2) is 9.97 Å². The number of aryl methyl sites for hydroxylation is 1. The van der Waals surface area contributed by atoms with E-state index in [0.29, 0.717) is 0 Å². The van der Waals surface area contributed by atoms with Gasteiger partial charge in [-0.05, 0) is 30.4 Å². The number of halogens is 1. The molecule has 1 unspecified atom stereocenters. The Balaban J connectivity index is 1.93. The molecular weight excluding hydrogens is 264 g/mol. The van der Waals surface area contributed by atoms with Crippen molar-refractivity contribution in [2.45, 2.75) is 25.4 Å². The molecule has 0 bridgehead atoms. The fraction of sp³-hybridized carbons (Fsp3) is 0.286. The van der Waals surface area contributed by atoms with Gasteiger partial charge in [0.2, 0.25) is 5.88 Å². The normalized spacial score (nSPS) is 17.8. The lowest BCUT2D eigenvalue weighted by Crippen LogP contribution is -2.17. The molecule has 4 nitrogen and oxygen atoms in total. The Bertz CT molecular complexity index is 654. The van der Waals surface area contributed by atoms with Gasteiger partial charge in [0, 0.05) is 0 Å². The summed E-state index contributed by atoms with van der Waals surface area (Å²) in [6, 6.07) is 8.19. The Kier molecular flexibility index (Phi) is 3.25. The van der Waals surface area contributed by atoms with Crippen molar-refractivity contribution < 1.29 is 4.74 Å². The number of nitrogens with zero attached hydrogens (tertiary/aromatic N) is 1. The zero-order valence-electron chi connectivity index (χ0n) is 10.2. The second-order valence-corrected chi connectivity index (χ2v) is 4.93. The third-order valence-electron chi connectivity index (χ3n) is 3.33. The van der Waals surface area contributed by atoms with E-state index in [9.17, 15) is 4.79 Å². The fourth-order valence-corrected chi connectivity index (χ4v) is 2.56. The lowest BCUT2D eigenvalue weighted by Gasteiger charge is -2.25. The SMILES string of the molecule is O=c1[nH]cnc(OC2CCCc3ccccc32)c1Cl. The molecule has 0 radical (unpaired) electrons. The van der Waals surface area contributed by atoms with E-state index >= 15 is 0 Å². The zero-order chi connectivity index (χ0) is 13.2. The molecule has 0 saturated carbocycles. The Morgan fingerprint density at radius 3 is 3.11 bits per heavy atom. The number of aromatic amines is 1. The van der Waals surface area contributed by atoms with Gasteiger partial charge in [-0.3, -0.25) is 4.79 Å². The number of hydrogen-bond donors (Lipinski definition) is 1. The summed E-state index contributed by atoms with van der Waals surface area (Å²) in [6.07, 6.45) is 4.24. The van der Waals surface area contributed by atoms with Gasteiger partial charge in [-0.25, -0.2) is 4.98 Å². The van der Waals surface area contributed by atoms with Gasteiger partial charge in [0.1, 0.15) is 6.10 Å². The molecule has 0 spiro atoms. The van der Waals surface area contributed by atoms with E-state index in [2.05, 4.69) is 22.1 Å². The van der Waals surface area contributed by atoms with Gasteiger partial charge >= 0.3 is 0 Å². The lowest BCUT2D eigenvalue weighted by molar-refractivity contribution is 0.175. The van der Waals surface area contributed by atoms with Crippen molar-refractivity contribution in [1.82, 2.24) is 9.97 Å². The van der Waals surface area contributed by atoms with Gasteiger partial charge in [0.25, 0.3) is 5.56 Å². The van der Waals surface area contributed by atoms with Crippen molar-refractivity contribution in [3.05, 3.63) is 57.1 Å². The first-order valence-corrected chi connectivity index (χ1v) is 6.61. The first-order chi connectivity index (χ1) is 9.25. The van der Waals surface area contributed by atoms with Crippen LogP contribution in [0.25, 0.3) is 0 Å². The summed E-state index contributed by atoms with van der Waals surface area (Å²) in [7, 11) is 0. The van der Waals surface area contributed by atoms with Gasteiger partial charge in [-0.2, -0.15) is 0 Å². The second kappa shape index (κ2) is 5.05. The summed E-state index contributed by atoms with van der Waals surface area (Å²) in [4.78, 5) is 17.8. The lowest BCUT2D eigenvalue weighted by atomic mass is 9.89. The van der Waals surface area contributed by atoms with Crippen LogP contribution in [0.5, 0.6) is 5.88 Å². The Morgan fingerprint density at radius 1 is 1.37 bits per heavy atom. The van der Waals surface area contributed by atoms with Crippen LogP contribution in [0.4, 0.5) is 0 Å². The molecule has 2 aromatic rings. The molecule has 0 aliphatic heterocycles. The average molecular weight is 277 g/mol. The quantitative estimate of drug-likeness (QED) is 0.918. The largest absolute Gasteiger partial charge is 0.468 e. The summed E-state index contributed by atoms with van der Waals surface area (Å²) >= 11 is 5.91. The van der Waals surface area contributed by atoms with E-state index < -0.39 is 0 Å². The van der Waals surface area contributed by atoms with Gasteiger partial charge in [0.05, 0.1) is 6.33 Å². The van der Waals surface area contributed by atoms with Crippen molar-refractivity contribution in [2.24, 2.45) is 0 Å². The first-order valence-electron chi connectivity index (χ1n) is 6.23. The van der Waals surface area contributed by atoms with Crippen LogP contribution in [0.3, 0.4) is 0 Å².